The maximum Gasteiger partial charge on any atom is 0.227 e. The van der Waals surface area contributed by atoms with E-state index in [0.717, 1.165) is 43.2 Å². The molecular formula is C26H26FN3O. The fourth-order valence-corrected chi connectivity index (χ4v) is 4.93. The second-order valence-electron chi connectivity index (χ2n) is 8.37. The molecule has 1 N–H and O–H groups in total. The van der Waals surface area contributed by atoms with Crippen molar-refractivity contribution in [2.45, 2.75) is 44.9 Å². The Morgan fingerprint density at radius 3 is 2.58 bits per heavy atom. The van der Waals surface area contributed by atoms with Gasteiger partial charge in [-0.15, -0.1) is 0 Å². The minimum atomic E-state index is -0.264. The van der Waals surface area contributed by atoms with Crippen LogP contribution in [-0.2, 0) is 4.79 Å². The summed E-state index contributed by atoms with van der Waals surface area (Å²) < 4.78 is 13.6. The van der Waals surface area contributed by atoms with Crippen LogP contribution in [0.25, 0.3) is 10.9 Å². The highest BCUT2D eigenvalue weighted by Crippen LogP contribution is 2.41. The van der Waals surface area contributed by atoms with Gasteiger partial charge in [-0.2, -0.15) is 5.26 Å². The molecule has 1 heterocycles. The van der Waals surface area contributed by atoms with Gasteiger partial charge in [-0.1, -0.05) is 6.92 Å². The van der Waals surface area contributed by atoms with Crippen molar-refractivity contribution in [2.24, 2.45) is 11.8 Å². The number of benzene rings is 2. The second-order valence-corrected chi connectivity index (χ2v) is 8.37. The number of hydrogen-bond donors (Lipinski definition) is 1. The third-order valence-electron chi connectivity index (χ3n) is 6.58. The van der Waals surface area contributed by atoms with Crippen LogP contribution in [0.4, 0.5) is 10.1 Å². The number of nitrogens with one attached hydrogen (secondary N) is 1. The third kappa shape index (κ3) is 4.59. The summed E-state index contributed by atoms with van der Waals surface area (Å²) in [6.45, 7) is 2.07. The molecule has 0 spiro atoms. The maximum atomic E-state index is 13.6. The van der Waals surface area contributed by atoms with Crippen LogP contribution in [0.2, 0.25) is 0 Å². The third-order valence-corrected chi connectivity index (χ3v) is 6.58. The van der Waals surface area contributed by atoms with E-state index in [1.807, 2.05) is 6.07 Å². The average molecular weight is 416 g/mol. The smallest absolute Gasteiger partial charge is 0.227 e. The first-order valence-electron chi connectivity index (χ1n) is 10.9. The maximum absolute atomic E-state index is 13.6. The lowest BCUT2D eigenvalue weighted by atomic mass is 9.72. The van der Waals surface area contributed by atoms with Crippen LogP contribution >= 0.6 is 0 Å². The minimum Gasteiger partial charge on any atom is -0.326 e. The van der Waals surface area contributed by atoms with E-state index in [9.17, 15) is 9.18 Å². The number of pyridine rings is 1. The van der Waals surface area contributed by atoms with E-state index in [1.54, 1.807) is 30.5 Å². The number of amides is 1. The van der Waals surface area contributed by atoms with Gasteiger partial charge >= 0.3 is 0 Å². The van der Waals surface area contributed by atoms with Crippen LogP contribution in [0, 0.1) is 29.0 Å². The van der Waals surface area contributed by atoms with E-state index in [-0.39, 0.29) is 17.6 Å². The molecule has 158 valence electrons. The lowest BCUT2D eigenvalue weighted by molar-refractivity contribution is -0.122. The minimum absolute atomic E-state index is 0.0279. The first-order chi connectivity index (χ1) is 15.1. The quantitative estimate of drug-likeness (QED) is 0.541. The monoisotopic (exact) mass is 415 g/mol. The van der Waals surface area contributed by atoms with Gasteiger partial charge in [-0.05, 0) is 92.0 Å². The highest BCUT2D eigenvalue weighted by molar-refractivity contribution is 5.92. The molecule has 4 nitrogen and oxygen atoms in total. The zero-order chi connectivity index (χ0) is 21.8. The Balaban J connectivity index is 1.42. The van der Waals surface area contributed by atoms with Crippen LogP contribution in [0.1, 0.15) is 56.1 Å². The molecule has 3 aromatic rings. The average Bonchev–Trinajstić information content (AvgIpc) is 2.80. The number of fused-ring (bicyclic) bond motifs is 1. The Morgan fingerprint density at radius 1 is 1.16 bits per heavy atom. The Labute approximate surface area is 182 Å². The van der Waals surface area contributed by atoms with Crippen LogP contribution in [0.5, 0.6) is 0 Å². The van der Waals surface area contributed by atoms with Crippen molar-refractivity contribution >= 4 is 22.5 Å². The van der Waals surface area contributed by atoms with Crippen LogP contribution in [0.3, 0.4) is 0 Å². The van der Waals surface area contributed by atoms with Gasteiger partial charge in [-0.25, -0.2) is 4.39 Å². The molecule has 0 unspecified atom stereocenters. The number of halogens is 1. The molecular weight excluding hydrogens is 389 g/mol. The summed E-state index contributed by atoms with van der Waals surface area (Å²) in [5.41, 5.74) is 3.24. The van der Waals surface area contributed by atoms with E-state index >= 15 is 0 Å². The molecule has 1 aliphatic rings. The summed E-state index contributed by atoms with van der Waals surface area (Å²) in [4.78, 5) is 17.3. The highest BCUT2D eigenvalue weighted by atomic mass is 19.1. The second kappa shape index (κ2) is 9.26. The molecule has 2 aromatic carbocycles. The fraction of sp³-hybridized carbons (Fsp3) is 0.346. The molecule has 1 atom stereocenters. The summed E-state index contributed by atoms with van der Waals surface area (Å²) in [6, 6.07) is 15.9. The van der Waals surface area contributed by atoms with Gasteiger partial charge in [-0.3, -0.25) is 9.78 Å². The highest BCUT2D eigenvalue weighted by Gasteiger charge is 2.32. The summed E-state index contributed by atoms with van der Waals surface area (Å²) in [7, 11) is 0. The van der Waals surface area contributed by atoms with Gasteiger partial charge in [0.1, 0.15) is 5.82 Å². The van der Waals surface area contributed by atoms with Crippen molar-refractivity contribution in [1.29, 1.82) is 5.26 Å². The van der Waals surface area contributed by atoms with Gasteiger partial charge in [0.2, 0.25) is 5.91 Å². The van der Waals surface area contributed by atoms with E-state index < -0.39 is 0 Å². The first kappa shape index (κ1) is 21.0. The van der Waals surface area contributed by atoms with Crippen molar-refractivity contribution in [2.75, 3.05) is 5.32 Å². The number of anilines is 1. The molecule has 0 saturated heterocycles. The number of carbonyl (C=O) groups is 1. The van der Waals surface area contributed by atoms with Crippen LogP contribution in [0.15, 0.2) is 54.7 Å². The van der Waals surface area contributed by atoms with Gasteiger partial charge in [0, 0.05) is 29.3 Å². The van der Waals surface area contributed by atoms with Crippen molar-refractivity contribution < 1.29 is 9.18 Å². The number of hydrogen-bond acceptors (Lipinski definition) is 3. The molecule has 0 radical (unpaired) electrons. The van der Waals surface area contributed by atoms with Crippen molar-refractivity contribution in [3.05, 3.63) is 71.7 Å². The molecule has 31 heavy (non-hydrogen) atoms. The predicted octanol–water partition coefficient (Wildman–Crippen LogP) is 6.18. The number of aromatic nitrogens is 1. The molecule has 4 rings (SSSR count). The van der Waals surface area contributed by atoms with E-state index in [2.05, 4.69) is 29.4 Å². The largest absolute Gasteiger partial charge is 0.326 e. The Morgan fingerprint density at radius 2 is 1.90 bits per heavy atom. The zero-order valence-electron chi connectivity index (χ0n) is 17.6. The lowest BCUT2D eigenvalue weighted by Crippen LogP contribution is -2.31. The van der Waals surface area contributed by atoms with Crippen LogP contribution < -0.4 is 5.32 Å². The number of nitrogens with zero attached hydrogens (tertiary/aromatic N) is 2. The predicted molar refractivity (Wildman–Crippen MR) is 120 cm³/mol. The zero-order valence-corrected chi connectivity index (χ0v) is 17.6. The molecule has 5 heteroatoms. The summed E-state index contributed by atoms with van der Waals surface area (Å²) in [5.74, 6) is 0.525. The van der Waals surface area contributed by atoms with Crippen molar-refractivity contribution in [3.8, 4) is 6.07 Å². The van der Waals surface area contributed by atoms with E-state index in [4.69, 9.17) is 5.26 Å². The van der Waals surface area contributed by atoms with Gasteiger partial charge in [0.15, 0.2) is 0 Å². The SMILES string of the molecule is CC[C@H](C(=O)Nc1ccc(C#N)cc1)C1CCC(c2ccnc3cc(F)ccc23)CC1. The molecule has 0 bridgehead atoms. The summed E-state index contributed by atoms with van der Waals surface area (Å²) in [5, 5.41) is 13.0. The lowest BCUT2D eigenvalue weighted by Gasteiger charge is -2.33. The summed E-state index contributed by atoms with van der Waals surface area (Å²) >= 11 is 0. The molecule has 1 amide bonds. The molecule has 1 saturated carbocycles. The molecule has 1 fully saturated rings. The Bertz CT molecular complexity index is 1110. The molecule has 0 aliphatic heterocycles. The number of carbonyl (C=O) groups excluding carboxylic acids is 1. The van der Waals surface area contributed by atoms with Crippen molar-refractivity contribution in [1.82, 2.24) is 4.98 Å². The van der Waals surface area contributed by atoms with Crippen LogP contribution in [-0.4, -0.2) is 10.9 Å². The van der Waals surface area contributed by atoms with E-state index in [1.165, 1.54) is 17.7 Å². The molecule has 1 aromatic heterocycles. The first-order valence-corrected chi connectivity index (χ1v) is 10.9. The molecule has 1 aliphatic carbocycles. The van der Waals surface area contributed by atoms with E-state index in [0.29, 0.717) is 22.9 Å². The Kier molecular flexibility index (Phi) is 6.27. The fourth-order valence-electron chi connectivity index (χ4n) is 4.93. The van der Waals surface area contributed by atoms with Gasteiger partial charge in [0.05, 0.1) is 17.1 Å². The van der Waals surface area contributed by atoms with Gasteiger partial charge in [0.25, 0.3) is 0 Å². The normalized spacial score (nSPS) is 19.5. The number of nitriles is 1. The summed E-state index contributed by atoms with van der Waals surface area (Å²) in [6.07, 6.45) is 6.59. The standard InChI is InChI=1S/C26H26FN3O/c1-2-22(26(31)30-21-10-3-17(16-28)4-11-21)18-5-7-19(8-6-18)23-13-14-29-25-15-20(27)9-12-24(23)25/h3-4,9-15,18-19,22H,2,5-8H2,1H3,(H,30,31)/t18?,19?,22-/m0/s1. The van der Waals surface area contributed by atoms with Gasteiger partial charge < -0.3 is 5.32 Å². The Hall–Kier alpha value is -3.26. The number of rotatable bonds is 5. The van der Waals surface area contributed by atoms with Crippen molar-refractivity contribution in [3.63, 3.8) is 0 Å². The topological polar surface area (TPSA) is 65.8 Å².